The lowest BCUT2D eigenvalue weighted by atomic mass is 9.97. The Hall–Kier alpha value is -4.33. The lowest BCUT2D eigenvalue weighted by Gasteiger charge is -2.22. The second-order valence-corrected chi connectivity index (χ2v) is 10.2. The summed E-state index contributed by atoms with van der Waals surface area (Å²) in [7, 11) is 1.59. The van der Waals surface area contributed by atoms with Gasteiger partial charge in [-0.25, -0.2) is 9.59 Å². The van der Waals surface area contributed by atoms with Gasteiger partial charge in [0, 0.05) is 5.69 Å². The summed E-state index contributed by atoms with van der Waals surface area (Å²) in [6.45, 7) is 5.84. The Labute approximate surface area is 228 Å². The van der Waals surface area contributed by atoms with Gasteiger partial charge in [-0.15, -0.1) is 0 Å². The van der Waals surface area contributed by atoms with Gasteiger partial charge in [0.15, 0.2) is 0 Å². The van der Waals surface area contributed by atoms with Crippen molar-refractivity contribution in [2.45, 2.75) is 52.5 Å². The maximum Gasteiger partial charge on any atom is 0.326 e. The lowest BCUT2D eigenvalue weighted by molar-refractivity contribution is -0.140. The fourth-order valence-corrected chi connectivity index (χ4v) is 5.34. The van der Waals surface area contributed by atoms with Crippen molar-refractivity contribution in [3.05, 3.63) is 76.9 Å². The Morgan fingerprint density at radius 2 is 1.49 bits per heavy atom. The van der Waals surface area contributed by atoms with E-state index >= 15 is 0 Å². The Morgan fingerprint density at radius 3 is 2.08 bits per heavy atom. The first-order valence-electron chi connectivity index (χ1n) is 13.1. The molecule has 204 valence electrons. The van der Waals surface area contributed by atoms with Crippen LogP contribution in [0.4, 0.5) is 16.2 Å². The summed E-state index contributed by atoms with van der Waals surface area (Å²) in [6.07, 6.45) is 3.42. The Bertz CT molecular complexity index is 1350. The van der Waals surface area contributed by atoms with E-state index in [1.165, 1.54) is 0 Å². The van der Waals surface area contributed by atoms with Crippen molar-refractivity contribution < 1.29 is 24.2 Å². The number of carboxylic acid groups (broad SMARTS) is 1. The van der Waals surface area contributed by atoms with E-state index in [0.717, 1.165) is 53.5 Å². The highest BCUT2D eigenvalue weighted by Crippen LogP contribution is 2.30. The standard InChI is InChI=1S/C31H35N3O5/c1-18-15-19(2)27(20(3)16-18)34-31(38)32-26-17-23(21-9-12-24(39-4)13-10-21)11-14-25(26)29(35)33-28(30(36)37)22-7-5-6-8-22/h9-17,22,28H,5-8H2,1-4H3,(H,33,35)(H,36,37)(H2,32,34,38)/t28-/m0/s1. The van der Waals surface area contributed by atoms with E-state index in [9.17, 15) is 19.5 Å². The molecule has 0 spiro atoms. The van der Waals surface area contributed by atoms with Crippen LogP contribution in [0.1, 0.15) is 52.7 Å². The Kier molecular flexibility index (Phi) is 8.54. The number of hydrogen-bond donors (Lipinski definition) is 4. The lowest BCUT2D eigenvalue weighted by Crippen LogP contribution is -2.45. The van der Waals surface area contributed by atoms with Crippen LogP contribution in [0.3, 0.4) is 0 Å². The molecule has 3 aromatic rings. The maximum atomic E-state index is 13.4. The van der Waals surface area contributed by atoms with Crippen molar-refractivity contribution in [1.29, 1.82) is 0 Å². The molecule has 4 N–H and O–H groups in total. The molecule has 1 aliphatic rings. The van der Waals surface area contributed by atoms with Gasteiger partial charge in [0.2, 0.25) is 0 Å². The van der Waals surface area contributed by atoms with Crippen molar-refractivity contribution in [2.75, 3.05) is 17.7 Å². The van der Waals surface area contributed by atoms with E-state index in [1.807, 2.05) is 57.2 Å². The van der Waals surface area contributed by atoms with Crippen LogP contribution in [0.25, 0.3) is 11.1 Å². The largest absolute Gasteiger partial charge is 0.497 e. The predicted octanol–water partition coefficient (Wildman–Crippen LogP) is 6.30. The molecular formula is C31H35N3O5. The number of aryl methyl sites for hydroxylation is 3. The normalized spacial score (nSPS) is 13.9. The van der Waals surface area contributed by atoms with E-state index < -0.39 is 23.9 Å². The van der Waals surface area contributed by atoms with E-state index in [0.29, 0.717) is 11.4 Å². The van der Waals surface area contributed by atoms with Crippen molar-refractivity contribution in [3.8, 4) is 16.9 Å². The van der Waals surface area contributed by atoms with Gasteiger partial charge in [0.1, 0.15) is 11.8 Å². The number of amides is 3. The number of nitrogens with one attached hydrogen (secondary N) is 3. The van der Waals surface area contributed by atoms with Gasteiger partial charge >= 0.3 is 12.0 Å². The average molecular weight is 530 g/mol. The van der Waals surface area contributed by atoms with Gasteiger partial charge in [0.25, 0.3) is 5.91 Å². The number of carbonyl (C=O) groups excluding carboxylic acids is 2. The Morgan fingerprint density at radius 1 is 0.872 bits per heavy atom. The summed E-state index contributed by atoms with van der Waals surface area (Å²) in [5, 5.41) is 18.3. The number of hydrogen-bond acceptors (Lipinski definition) is 4. The zero-order valence-electron chi connectivity index (χ0n) is 22.8. The first-order valence-corrected chi connectivity index (χ1v) is 13.1. The second kappa shape index (κ2) is 12.0. The molecule has 8 nitrogen and oxygen atoms in total. The number of methoxy groups -OCH3 is 1. The van der Waals surface area contributed by atoms with Gasteiger partial charge in [-0.3, -0.25) is 4.79 Å². The third-order valence-electron chi connectivity index (χ3n) is 7.28. The van der Waals surface area contributed by atoms with Crippen LogP contribution < -0.4 is 20.7 Å². The molecule has 0 saturated heterocycles. The molecule has 0 heterocycles. The summed E-state index contributed by atoms with van der Waals surface area (Å²) >= 11 is 0. The van der Waals surface area contributed by atoms with E-state index in [4.69, 9.17) is 4.74 Å². The molecule has 1 atom stereocenters. The highest BCUT2D eigenvalue weighted by molar-refractivity contribution is 6.08. The van der Waals surface area contributed by atoms with E-state index in [1.54, 1.807) is 25.3 Å². The van der Waals surface area contributed by atoms with Crippen LogP contribution in [-0.4, -0.2) is 36.2 Å². The number of aliphatic carboxylic acids is 1. The van der Waals surface area contributed by atoms with Crippen LogP contribution in [-0.2, 0) is 4.79 Å². The monoisotopic (exact) mass is 529 g/mol. The van der Waals surface area contributed by atoms with Gasteiger partial charge in [-0.1, -0.05) is 48.7 Å². The molecule has 0 aromatic heterocycles. The smallest absolute Gasteiger partial charge is 0.326 e. The predicted molar refractivity (Wildman–Crippen MR) is 153 cm³/mol. The zero-order chi connectivity index (χ0) is 28.1. The van der Waals surface area contributed by atoms with E-state index in [-0.39, 0.29) is 17.2 Å². The zero-order valence-corrected chi connectivity index (χ0v) is 22.8. The fourth-order valence-electron chi connectivity index (χ4n) is 5.34. The fraction of sp³-hybridized carbons (Fsp3) is 0.323. The molecule has 3 aromatic carbocycles. The van der Waals surface area contributed by atoms with Gasteiger partial charge in [-0.05, 0) is 86.1 Å². The summed E-state index contributed by atoms with van der Waals surface area (Å²) in [5.74, 6) is -1.00. The topological polar surface area (TPSA) is 117 Å². The first-order chi connectivity index (χ1) is 18.7. The van der Waals surface area contributed by atoms with Crippen LogP contribution in [0.2, 0.25) is 0 Å². The molecule has 1 aliphatic carbocycles. The summed E-state index contributed by atoms with van der Waals surface area (Å²) < 4.78 is 5.25. The number of anilines is 2. The first kappa shape index (κ1) is 27.7. The molecule has 3 amide bonds. The number of carbonyl (C=O) groups is 3. The number of ether oxygens (including phenoxy) is 1. The third-order valence-corrected chi connectivity index (χ3v) is 7.28. The molecule has 4 rings (SSSR count). The molecule has 39 heavy (non-hydrogen) atoms. The minimum absolute atomic E-state index is 0.114. The second-order valence-electron chi connectivity index (χ2n) is 10.2. The number of benzene rings is 3. The maximum absolute atomic E-state index is 13.4. The van der Waals surface area contributed by atoms with Crippen molar-refractivity contribution in [3.63, 3.8) is 0 Å². The van der Waals surface area contributed by atoms with Gasteiger partial charge < -0.3 is 25.8 Å². The Balaban J connectivity index is 1.65. The molecule has 0 bridgehead atoms. The third kappa shape index (κ3) is 6.57. The average Bonchev–Trinajstić information content (AvgIpc) is 3.43. The summed E-state index contributed by atoms with van der Waals surface area (Å²) in [6, 6.07) is 15.0. The number of rotatable bonds is 8. The molecule has 0 radical (unpaired) electrons. The van der Waals surface area contributed by atoms with Crippen molar-refractivity contribution in [2.24, 2.45) is 5.92 Å². The quantitative estimate of drug-likeness (QED) is 0.273. The molecular weight excluding hydrogens is 494 g/mol. The minimum atomic E-state index is -1.05. The van der Waals surface area contributed by atoms with Crippen LogP contribution in [0.5, 0.6) is 5.75 Å². The SMILES string of the molecule is COc1ccc(-c2ccc(C(=O)N[C@H](C(=O)O)C3CCCC3)c(NC(=O)Nc3c(C)cc(C)cc3C)c2)cc1. The van der Waals surface area contributed by atoms with Gasteiger partial charge in [-0.2, -0.15) is 0 Å². The highest BCUT2D eigenvalue weighted by atomic mass is 16.5. The molecule has 0 aliphatic heterocycles. The summed E-state index contributed by atoms with van der Waals surface area (Å²) in [4.78, 5) is 38.5. The molecule has 1 saturated carbocycles. The van der Waals surface area contributed by atoms with Crippen LogP contribution in [0.15, 0.2) is 54.6 Å². The minimum Gasteiger partial charge on any atom is -0.497 e. The van der Waals surface area contributed by atoms with Crippen molar-refractivity contribution in [1.82, 2.24) is 5.32 Å². The van der Waals surface area contributed by atoms with Crippen molar-refractivity contribution >= 4 is 29.3 Å². The van der Waals surface area contributed by atoms with E-state index in [2.05, 4.69) is 16.0 Å². The molecule has 1 fully saturated rings. The number of urea groups is 1. The number of carboxylic acids is 1. The van der Waals surface area contributed by atoms with Gasteiger partial charge in [0.05, 0.1) is 18.4 Å². The molecule has 8 heteroatoms. The summed E-state index contributed by atoms with van der Waals surface area (Å²) in [5.41, 5.74) is 5.74. The van der Waals surface area contributed by atoms with Crippen LogP contribution in [0, 0.1) is 26.7 Å². The molecule has 0 unspecified atom stereocenters. The highest BCUT2D eigenvalue weighted by Gasteiger charge is 2.32. The van der Waals surface area contributed by atoms with Crippen LogP contribution >= 0.6 is 0 Å².